The SMILES string of the molecule is CO[C@H]1/C=C\C[C@H](C)CS(=O)(NC(=O)N2CC(C(C)(C)O)C2)=NC(=O)c2ccc3c(c2)N(C[C@@H]2CC[C@H]21)C[C@@]1(CCCc2cc(Cl)ccc21)CO3. The van der Waals surface area contributed by atoms with Crippen LogP contribution < -0.4 is 14.4 Å². The highest BCUT2D eigenvalue weighted by Crippen LogP contribution is 2.47. The number of nitrogens with zero attached hydrogens (tertiary/aromatic N) is 3. The second kappa shape index (κ2) is 14.0. The summed E-state index contributed by atoms with van der Waals surface area (Å²) in [6.07, 6.45) is 9.86. The average molecular weight is 739 g/mol. The van der Waals surface area contributed by atoms with Crippen molar-refractivity contribution in [3.8, 4) is 5.75 Å². The van der Waals surface area contributed by atoms with Crippen LogP contribution >= 0.6 is 11.6 Å². The third-order valence-electron chi connectivity index (χ3n) is 11.9. The predicted octanol–water partition coefficient (Wildman–Crippen LogP) is 6.39. The number of benzene rings is 2. The van der Waals surface area contributed by atoms with E-state index in [4.69, 9.17) is 21.1 Å². The van der Waals surface area contributed by atoms with E-state index in [9.17, 15) is 18.9 Å². The fourth-order valence-electron chi connectivity index (χ4n) is 8.66. The zero-order chi connectivity index (χ0) is 36.1. The van der Waals surface area contributed by atoms with Crippen molar-refractivity contribution >= 4 is 39.1 Å². The van der Waals surface area contributed by atoms with Crippen molar-refractivity contribution in [2.24, 2.45) is 28.0 Å². The van der Waals surface area contributed by atoms with E-state index in [0.29, 0.717) is 55.8 Å². The molecule has 2 fully saturated rings. The van der Waals surface area contributed by atoms with Crippen molar-refractivity contribution in [1.29, 1.82) is 0 Å². The van der Waals surface area contributed by atoms with Gasteiger partial charge in [-0.2, -0.15) is 0 Å². The fourth-order valence-corrected chi connectivity index (χ4v) is 10.7. The van der Waals surface area contributed by atoms with Crippen LogP contribution in [-0.4, -0.2) is 83.5 Å². The van der Waals surface area contributed by atoms with Crippen LogP contribution in [0.1, 0.15) is 74.4 Å². The molecule has 0 radical (unpaired) electrons. The molecule has 3 aliphatic heterocycles. The number of halogens is 1. The molecule has 3 heterocycles. The first-order chi connectivity index (χ1) is 24.3. The Balaban J connectivity index is 1.26. The maximum absolute atomic E-state index is 14.5. The number of likely N-dealkylation sites (tertiary alicyclic amines) is 1. The predicted molar refractivity (Wildman–Crippen MR) is 200 cm³/mol. The molecule has 12 heteroatoms. The molecule has 1 unspecified atom stereocenters. The van der Waals surface area contributed by atoms with E-state index < -0.39 is 27.5 Å². The van der Waals surface area contributed by atoms with Gasteiger partial charge in [-0.25, -0.2) is 9.00 Å². The van der Waals surface area contributed by atoms with E-state index in [-0.39, 0.29) is 29.1 Å². The van der Waals surface area contributed by atoms with Crippen LogP contribution in [0.15, 0.2) is 52.9 Å². The Bertz CT molecular complexity index is 1830. The number of carbonyl (C=O) groups is 2. The number of allylic oxidation sites excluding steroid dienone is 1. The largest absolute Gasteiger partial charge is 0.490 e. The number of ether oxygens (including phenoxy) is 2. The molecule has 1 saturated heterocycles. The monoisotopic (exact) mass is 738 g/mol. The molecule has 2 aliphatic carbocycles. The summed E-state index contributed by atoms with van der Waals surface area (Å²) in [7, 11) is -1.75. The number of anilines is 1. The highest BCUT2D eigenvalue weighted by atomic mass is 35.5. The molecule has 0 aromatic heterocycles. The van der Waals surface area contributed by atoms with Crippen LogP contribution in [0.3, 0.4) is 0 Å². The van der Waals surface area contributed by atoms with Gasteiger partial charge in [0.25, 0.3) is 5.91 Å². The summed E-state index contributed by atoms with van der Waals surface area (Å²) in [4.78, 5) is 31.2. The molecule has 276 valence electrons. The van der Waals surface area contributed by atoms with Gasteiger partial charge < -0.3 is 24.4 Å². The molecule has 5 aliphatic rings. The highest BCUT2D eigenvalue weighted by molar-refractivity contribution is 7.92. The Hall–Kier alpha value is -3.12. The number of hydrogen-bond donors (Lipinski definition) is 2. The molecule has 2 aromatic carbocycles. The molecule has 2 aromatic rings. The summed E-state index contributed by atoms with van der Waals surface area (Å²) in [5.74, 6) is 0.551. The molecule has 6 atom stereocenters. The van der Waals surface area contributed by atoms with Gasteiger partial charge in [0.1, 0.15) is 15.7 Å². The maximum atomic E-state index is 14.5. The molecule has 10 nitrogen and oxygen atoms in total. The van der Waals surface area contributed by atoms with Gasteiger partial charge in [-0.15, -0.1) is 4.36 Å². The molecule has 3 amide bonds. The summed E-state index contributed by atoms with van der Waals surface area (Å²) in [6, 6.07) is 11.0. The summed E-state index contributed by atoms with van der Waals surface area (Å²) >= 11 is 6.45. The Labute approximate surface area is 307 Å². The molecule has 1 spiro atoms. The molecule has 2 bridgehead atoms. The van der Waals surface area contributed by atoms with Gasteiger partial charge >= 0.3 is 6.03 Å². The number of carbonyl (C=O) groups excluding carboxylic acids is 2. The van der Waals surface area contributed by atoms with Gasteiger partial charge in [0, 0.05) is 55.2 Å². The molecule has 51 heavy (non-hydrogen) atoms. The lowest BCUT2D eigenvalue weighted by Gasteiger charge is -2.46. The number of methoxy groups -OCH3 is 1. The normalized spacial score (nSPS) is 31.9. The Kier molecular flexibility index (Phi) is 9.97. The minimum Gasteiger partial charge on any atom is -0.490 e. The van der Waals surface area contributed by atoms with E-state index in [1.807, 2.05) is 25.1 Å². The minimum atomic E-state index is -3.52. The van der Waals surface area contributed by atoms with Crippen LogP contribution in [0.2, 0.25) is 5.02 Å². The van der Waals surface area contributed by atoms with Gasteiger partial charge in [0.2, 0.25) is 0 Å². The van der Waals surface area contributed by atoms with Crippen molar-refractivity contribution in [2.75, 3.05) is 50.5 Å². The quantitative estimate of drug-likeness (QED) is 0.351. The standard InChI is InChI=1S/C39H51ClN4O6S/c1-25-7-5-9-34(49-4)31-13-10-28(31)19-44-23-39(16-6-8-26-17-30(40)12-14-32(26)39)24-50-35-15-11-27(18-33(35)44)36(45)41-51(48,22-25)42-37(46)43-20-29(21-43)38(2,3)47/h5,9,11-12,14-15,17-18,25,28-29,31,34,47H,6-8,10,13,16,19-24H2,1-4H3,(H,41,42,45,46,48)/b9-5-/t25-,28-,31+,34-,39-,51?/m0/s1. The van der Waals surface area contributed by atoms with Crippen LogP contribution in [0.5, 0.6) is 5.75 Å². The molecule has 7 rings (SSSR count). The first-order valence-electron chi connectivity index (χ1n) is 18.3. The van der Waals surface area contributed by atoms with Gasteiger partial charge in [0.15, 0.2) is 0 Å². The zero-order valence-corrected chi connectivity index (χ0v) is 31.7. The third kappa shape index (κ3) is 7.41. The number of amides is 3. The van der Waals surface area contributed by atoms with E-state index >= 15 is 0 Å². The Morgan fingerprint density at radius 3 is 2.71 bits per heavy atom. The number of hydrogen-bond acceptors (Lipinski definition) is 7. The average Bonchev–Trinajstić information content (AvgIpc) is 3.17. The first-order valence-corrected chi connectivity index (χ1v) is 20.4. The lowest BCUT2D eigenvalue weighted by molar-refractivity contribution is -0.0450. The number of aliphatic hydroxyl groups is 1. The molecule has 2 N–H and O–H groups in total. The van der Waals surface area contributed by atoms with Gasteiger partial charge in [0.05, 0.1) is 29.8 Å². The van der Waals surface area contributed by atoms with E-state index in [1.165, 1.54) is 16.0 Å². The van der Waals surface area contributed by atoms with E-state index in [1.54, 1.807) is 27.0 Å². The topological polar surface area (TPSA) is 121 Å². The minimum absolute atomic E-state index is 0.00735. The number of rotatable bonds is 3. The lowest BCUT2D eigenvalue weighted by Crippen LogP contribution is -2.60. The van der Waals surface area contributed by atoms with Crippen molar-refractivity contribution in [2.45, 2.75) is 76.4 Å². The van der Waals surface area contributed by atoms with Crippen LogP contribution in [-0.2, 0) is 26.5 Å². The van der Waals surface area contributed by atoms with Crippen LogP contribution in [0.25, 0.3) is 0 Å². The summed E-state index contributed by atoms with van der Waals surface area (Å²) < 4.78 is 34.1. The van der Waals surface area contributed by atoms with Crippen LogP contribution in [0, 0.1) is 23.7 Å². The fraction of sp³-hybridized carbons (Fsp3) is 0.590. The van der Waals surface area contributed by atoms with E-state index in [2.05, 4.69) is 38.3 Å². The smallest absolute Gasteiger partial charge is 0.329 e. The second-order valence-electron chi connectivity index (χ2n) is 16.1. The summed E-state index contributed by atoms with van der Waals surface area (Å²) in [5, 5.41) is 11.1. The Morgan fingerprint density at radius 1 is 1.18 bits per heavy atom. The Morgan fingerprint density at radius 2 is 1.98 bits per heavy atom. The van der Waals surface area contributed by atoms with Crippen molar-refractivity contribution < 1.29 is 28.4 Å². The van der Waals surface area contributed by atoms with Crippen molar-refractivity contribution in [3.63, 3.8) is 0 Å². The van der Waals surface area contributed by atoms with Gasteiger partial charge in [-0.3, -0.25) is 9.52 Å². The zero-order valence-electron chi connectivity index (χ0n) is 30.1. The van der Waals surface area contributed by atoms with Crippen molar-refractivity contribution in [3.05, 3.63) is 70.3 Å². The molecule has 1 saturated carbocycles. The number of nitrogens with one attached hydrogen (secondary N) is 1. The lowest BCUT2D eigenvalue weighted by atomic mass is 9.68. The first kappa shape index (κ1) is 36.2. The second-order valence-corrected chi connectivity index (χ2v) is 18.6. The number of fused-ring (bicyclic) bond motifs is 4. The van der Waals surface area contributed by atoms with Crippen molar-refractivity contribution in [1.82, 2.24) is 9.62 Å². The molecular formula is C39H51ClN4O6S. The van der Waals surface area contributed by atoms with Gasteiger partial charge in [-0.05, 0) is 112 Å². The van der Waals surface area contributed by atoms with Crippen LogP contribution in [0.4, 0.5) is 10.5 Å². The maximum Gasteiger partial charge on any atom is 0.329 e. The summed E-state index contributed by atoms with van der Waals surface area (Å²) in [5.41, 5.74) is 2.45. The highest BCUT2D eigenvalue weighted by Gasteiger charge is 2.45. The summed E-state index contributed by atoms with van der Waals surface area (Å²) in [6.45, 7) is 8.04. The van der Waals surface area contributed by atoms with E-state index in [0.717, 1.165) is 49.4 Å². The third-order valence-corrected chi connectivity index (χ3v) is 14.1. The number of urea groups is 1. The molecular weight excluding hydrogens is 688 g/mol. The van der Waals surface area contributed by atoms with Gasteiger partial charge in [-0.1, -0.05) is 36.7 Å². The number of aryl methyl sites for hydroxylation is 1.